The van der Waals surface area contributed by atoms with E-state index in [1.165, 1.54) is 0 Å². The van der Waals surface area contributed by atoms with Gasteiger partial charge >= 0.3 is 0 Å². The highest BCUT2D eigenvalue weighted by molar-refractivity contribution is 9.10. The van der Waals surface area contributed by atoms with Crippen molar-refractivity contribution in [2.45, 2.75) is 13.5 Å². The maximum atomic E-state index is 5.64. The molecule has 1 aromatic carbocycles. The maximum absolute atomic E-state index is 5.64. The molecule has 16 heavy (non-hydrogen) atoms. The summed E-state index contributed by atoms with van der Waals surface area (Å²) < 4.78 is 6.19. The van der Waals surface area contributed by atoms with Gasteiger partial charge in [0.05, 0.1) is 0 Å². The monoisotopic (exact) mass is 281 g/mol. The number of anilines is 1. The summed E-state index contributed by atoms with van der Waals surface area (Å²) in [7, 11) is 0. The highest BCUT2D eigenvalue weighted by Crippen LogP contribution is 2.28. The van der Waals surface area contributed by atoms with Crippen molar-refractivity contribution in [1.29, 1.82) is 0 Å². The van der Waals surface area contributed by atoms with Gasteiger partial charge in [-0.2, -0.15) is 4.98 Å². The van der Waals surface area contributed by atoms with Crippen LogP contribution in [-0.2, 0) is 6.54 Å². The number of aromatic nitrogens is 1. The van der Waals surface area contributed by atoms with Crippen molar-refractivity contribution in [1.82, 2.24) is 4.98 Å². The molecule has 84 valence electrons. The first-order chi connectivity index (χ1) is 7.61. The van der Waals surface area contributed by atoms with E-state index < -0.39 is 0 Å². The Morgan fingerprint density at radius 3 is 2.75 bits per heavy atom. The number of hydrogen-bond acceptors (Lipinski definition) is 4. The molecule has 1 heterocycles. The standard InChI is InChI=1S/C11H12BrN3O/c1-6-10(15-11(14)16-6)7-2-3-9(12)8(4-7)5-13/h2-4H,5,13H2,1H3,(H2,14,15). The Bertz CT molecular complexity index is 522. The van der Waals surface area contributed by atoms with Crippen molar-refractivity contribution in [2.75, 3.05) is 5.73 Å². The van der Waals surface area contributed by atoms with E-state index in [0.29, 0.717) is 12.3 Å². The lowest BCUT2D eigenvalue weighted by Gasteiger charge is -2.04. The van der Waals surface area contributed by atoms with Crippen molar-refractivity contribution in [3.63, 3.8) is 0 Å². The van der Waals surface area contributed by atoms with E-state index in [2.05, 4.69) is 20.9 Å². The van der Waals surface area contributed by atoms with Gasteiger partial charge < -0.3 is 15.9 Å². The Labute approximate surface area is 102 Å². The van der Waals surface area contributed by atoms with Crippen LogP contribution in [0.1, 0.15) is 11.3 Å². The fourth-order valence-corrected chi connectivity index (χ4v) is 1.97. The lowest BCUT2D eigenvalue weighted by Crippen LogP contribution is -1.97. The number of nitrogens with zero attached hydrogens (tertiary/aromatic N) is 1. The van der Waals surface area contributed by atoms with Crippen LogP contribution in [0.2, 0.25) is 0 Å². The van der Waals surface area contributed by atoms with Gasteiger partial charge in [-0.15, -0.1) is 0 Å². The molecule has 0 atom stereocenters. The second kappa shape index (κ2) is 4.27. The van der Waals surface area contributed by atoms with Crippen molar-refractivity contribution in [3.8, 4) is 11.3 Å². The minimum atomic E-state index is 0.185. The molecule has 0 amide bonds. The van der Waals surface area contributed by atoms with Crippen LogP contribution in [0.25, 0.3) is 11.3 Å². The minimum absolute atomic E-state index is 0.185. The molecular formula is C11H12BrN3O. The molecule has 0 saturated carbocycles. The molecular weight excluding hydrogens is 270 g/mol. The van der Waals surface area contributed by atoms with Gasteiger partial charge in [-0.3, -0.25) is 0 Å². The zero-order chi connectivity index (χ0) is 11.7. The Balaban J connectivity index is 2.52. The molecule has 1 aromatic heterocycles. The molecule has 2 rings (SSSR count). The van der Waals surface area contributed by atoms with E-state index in [9.17, 15) is 0 Å². The van der Waals surface area contributed by atoms with Gasteiger partial charge in [0, 0.05) is 16.6 Å². The summed E-state index contributed by atoms with van der Waals surface area (Å²) in [6.45, 7) is 2.31. The molecule has 0 spiro atoms. The number of rotatable bonds is 2. The van der Waals surface area contributed by atoms with E-state index >= 15 is 0 Å². The third-order valence-electron chi connectivity index (χ3n) is 2.35. The molecule has 4 N–H and O–H groups in total. The zero-order valence-corrected chi connectivity index (χ0v) is 10.4. The quantitative estimate of drug-likeness (QED) is 0.886. The third kappa shape index (κ3) is 1.96. The normalized spacial score (nSPS) is 10.7. The Morgan fingerprint density at radius 1 is 1.44 bits per heavy atom. The van der Waals surface area contributed by atoms with Crippen molar-refractivity contribution in [2.24, 2.45) is 5.73 Å². The van der Waals surface area contributed by atoms with Gasteiger partial charge in [0.25, 0.3) is 6.01 Å². The highest BCUT2D eigenvalue weighted by Gasteiger charge is 2.10. The Hall–Kier alpha value is -1.33. The molecule has 0 aliphatic heterocycles. The van der Waals surface area contributed by atoms with Gasteiger partial charge in [0.2, 0.25) is 0 Å². The third-order valence-corrected chi connectivity index (χ3v) is 3.13. The van der Waals surface area contributed by atoms with E-state index in [4.69, 9.17) is 15.9 Å². The predicted molar refractivity (Wildman–Crippen MR) is 66.7 cm³/mol. The summed E-state index contributed by atoms with van der Waals surface area (Å²) in [5.74, 6) is 0.711. The summed E-state index contributed by atoms with van der Waals surface area (Å²) in [6, 6.07) is 6.06. The fraction of sp³-hybridized carbons (Fsp3) is 0.182. The van der Waals surface area contributed by atoms with Gasteiger partial charge in [-0.25, -0.2) is 0 Å². The number of benzene rings is 1. The SMILES string of the molecule is Cc1oc(N)nc1-c1ccc(Br)c(CN)c1. The molecule has 5 heteroatoms. The lowest BCUT2D eigenvalue weighted by molar-refractivity contribution is 0.549. The largest absolute Gasteiger partial charge is 0.429 e. The number of nitrogens with two attached hydrogens (primary N) is 2. The second-order valence-corrected chi connectivity index (χ2v) is 4.32. The van der Waals surface area contributed by atoms with Crippen LogP contribution < -0.4 is 11.5 Å². The van der Waals surface area contributed by atoms with Crippen molar-refractivity contribution < 1.29 is 4.42 Å². The average molecular weight is 282 g/mol. The van der Waals surface area contributed by atoms with Gasteiger partial charge in [-0.05, 0) is 24.6 Å². The number of oxazole rings is 1. The number of hydrogen-bond donors (Lipinski definition) is 2. The minimum Gasteiger partial charge on any atom is -0.429 e. The topological polar surface area (TPSA) is 78.1 Å². The number of halogens is 1. The Kier molecular flexibility index (Phi) is 2.98. The van der Waals surface area contributed by atoms with E-state index in [1.807, 2.05) is 25.1 Å². The molecule has 2 aromatic rings. The summed E-state index contributed by atoms with van der Waals surface area (Å²) in [5, 5.41) is 0. The summed E-state index contributed by atoms with van der Waals surface area (Å²) in [5.41, 5.74) is 13.9. The summed E-state index contributed by atoms with van der Waals surface area (Å²) >= 11 is 3.44. The van der Waals surface area contributed by atoms with Crippen LogP contribution in [0, 0.1) is 6.92 Å². The molecule has 4 nitrogen and oxygen atoms in total. The number of aryl methyl sites for hydroxylation is 1. The second-order valence-electron chi connectivity index (χ2n) is 3.47. The van der Waals surface area contributed by atoms with Crippen LogP contribution in [-0.4, -0.2) is 4.98 Å². The van der Waals surface area contributed by atoms with Gasteiger partial charge in [0.15, 0.2) is 0 Å². The number of nitrogen functional groups attached to an aromatic ring is 1. The molecule has 0 aliphatic rings. The predicted octanol–water partition coefficient (Wildman–Crippen LogP) is 2.45. The molecule has 0 bridgehead atoms. The average Bonchev–Trinajstić information content (AvgIpc) is 2.59. The highest BCUT2D eigenvalue weighted by atomic mass is 79.9. The van der Waals surface area contributed by atoms with Crippen LogP contribution in [0.5, 0.6) is 0 Å². The van der Waals surface area contributed by atoms with Crippen LogP contribution >= 0.6 is 15.9 Å². The van der Waals surface area contributed by atoms with Gasteiger partial charge in [0.1, 0.15) is 11.5 Å². The van der Waals surface area contributed by atoms with Crippen LogP contribution in [0.4, 0.5) is 6.01 Å². The first kappa shape index (κ1) is 11.2. The molecule has 0 aliphatic carbocycles. The zero-order valence-electron chi connectivity index (χ0n) is 8.83. The molecule has 0 unspecified atom stereocenters. The van der Waals surface area contributed by atoms with E-state index in [0.717, 1.165) is 21.3 Å². The fourth-order valence-electron chi connectivity index (χ4n) is 1.56. The molecule has 0 saturated heterocycles. The van der Waals surface area contributed by atoms with Gasteiger partial charge in [-0.1, -0.05) is 22.0 Å². The van der Waals surface area contributed by atoms with Crippen molar-refractivity contribution in [3.05, 3.63) is 34.0 Å². The van der Waals surface area contributed by atoms with Crippen LogP contribution in [0.3, 0.4) is 0 Å². The molecule has 0 fully saturated rings. The van der Waals surface area contributed by atoms with Crippen molar-refractivity contribution >= 4 is 21.9 Å². The maximum Gasteiger partial charge on any atom is 0.292 e. The summed E-state index contributed by atoms with van der Waals surface area (Å²) in [4.78, 5) is 4.14. The molecule has 0 radical (unpaired) electrons. The van der Waals surface area contributed by atoms with E-state index in [1.54, 1.807) is 0 Å². The first-order valence-corrected chi connectivity index (χ1v) is 5.63. The smallest absolute Gasteiger partial charge is 0.292 e. The van der Waals surface area contributed by atoms with Crippen LogP contribution in [0.15, 0.2) is 27.1 Å². The van der Waals surface area contributed by atoms with E-state index in [-0.39, 0.29) is 6.01 Å². The summed E-state index contributed by atoms with van der Waals surface area (Å²) in [6.07, 6.45) is 0. The lowest BCUT2D eigenvalue weighted by atomic mass is 10.1. The first-order valence-electron chi connectivity index (χ1n) is 4.83. The Morgan fingerprint density at radius 2 is 2.19 bits per heavy atom.